The highest BCUT2D eigenvalue weighted by atomic mass is 16.5. The molecule has 2 saturated heterocycles. The molecule has 2 unspecified atom stereocenters. The Hall–Kier alpha value is -3.11. The lowest BCUT2D eigenvalue weighted by atomic mass is 9.67. The molecule has 0 radical (unpaired) electrons. The third-order valence-electron chi connectivity index (χ3n) is 6.00. The Morgan fingerprint density at radius 2 is 2.11 bits per heavy atom. The molecule has 5 heterocycles. The summed E-state index contributed by atoms with van der Waals surface area (Å²) in [6.45, 7) is 4.47. The molecule has 0 amide bonds. The van der Waals surface area contributed by atoms with E-state index in [-0.39, 0.29) is 0 Å². The van der Waals surface area contributed by atoms with E-state index in [4.69, 9.17) is 15.5 Å². The van der Waals surface area contributed by atoms with E-state index >= 15 is 0 Å². The normalized spacial score (nSPS) is 23.3. The summed E-state index contributed by atoms with van der Waals surface area (Å²) < 4.78 is 7.38. The van der Waals surface area contributed by atoms with Crippen LogP contribution in [0.4, 0.5) is 5.82 Å². The van der Waals surface area contributed by atoms with Crippen LogP contribution in [0.5, 0.6) is 5.75 Å². The lowest BCUT2D eigenvalue weighted by molar-refractivity contribution is 0.115. The summed E-state index contributed by atoms with van der Waals surface area (Å²) >= 11 is 0. The largest absolute Gasteiger partial charge is 0.492 e. The molecule has 7 nitrogen and oxygen atoms in total. The summed E-state index contributed by atoms with van der Waals surface area (Å²) in [5, 5.41) is 13.8. The van der Waals surface area contributed by atoms with E-state index in [1.54, 1.807) is 16.9 Å². The van der Waals surface area contributed by atoms with E-state index in [9.17, 15) is 5.26 Å². The number of piperidine rings is 2. The number of fused-ring (bicyclic) bond motifs is 3. The quantitative estimate of drug-likeness (QED) is 0.754. The molecular weight excluding hydrogens is 352 g/mol. The molecule has 2 N–H and O–H groups in total. The summed E-state index contributed by atoms with van der Waals surface area (Å²) in [6, 6.07) is 8.64. The number of anilines is 1. The van der Waals surface area contributed by atoms with Crippen LogP contribution in [0.15, 0.2) is 36.8 Å². The monoisotopic (exact) mass is 374 g/mol. The fourth-order valence-corrected chi connectivity index (χ4v) is 4.49. The molecule has 0 aromatic carbocycles. The van der Waals surface area contributed by atoms with Crippen molar-refractivity contribution in [3.05, 3.63) is 42.4 Å². The summed E-state index contributed by atoms with van der Waals surface area (Å²) in [6.07, 6.45) is 6.50. The van der Waals surface area contributed by atoms with Gasteiger partial charge in [0.15, 0.2) is 0 Å². The number of pyridine rings is 2. The maximum absolute atomic E-state index is 9.47. The molecule has 1 saturated carbocycles. The van der Waals surface area contributed by atoms with Crippen LogP contribution < -0.4 is 15.4 Å². The first-order valence-electron chi connectivity index (χ1n) is 9.69. The molecule has 3 aromatic rings. The second kappa shape index (κ2) is 6.50. The molecule has 2 bridgehead atoms. The molecule has 28 heavy (non-hydrogen) atoms. The molecule has 142 valence electrons. The predicted octanol–water partition coefficient (Wildman–Crippen LogP) is 2.45. The minimum atomic E-state index is 0.358. The number of nitriles is 1. The number of nitrogens with two attached hydrogens (primary N) is 1. The van der Waals surface area contributed by atoms with E-state index in [1.165, 1.54) is 6.42 Å². The van der Waals surface area contributed by atoms with E-state index in [0.29, 0.717) is 35.8 Å². The van der Waals surface area contributed by atoms with Gasteiger partial charge in [0.05, 0.1) is 30.1 Å². The third-order valence-corrected chi connectivity index (χ3v) is 6.00. The van der Waals surface area contributed by atoms with E-state index in [2.05, 4.69) is 28.2 Å². The molecule has 1 aliphatic carbocycles. The lowest BCUT2D eigenvalue weighted by Crippen LogP contribution is -2.62. The number of ether oxygens (including phenoxy) is 1. The van der Waals surface area contributed by atoms with E-state index < -0.39 is 0 Å². The Labute approximate surface area is 163 Å². The first kappa shape index (κ1) is 17.0. The Balaban J connectivity index is 1.51. The molecular formula is C21H22N6O. The van der Waals surface area contributed by atoms with Crippen molar-refractivity contribution in [3.8, 4) is 22.9 Å². The highest BCUT2D eigenvalue weighted by Crippen LogP contribution is 2.40. The fraction of sp³-hybridized carbons (Fsp3) is 0.381. The Bertz CT molecular complexity index is 1050. The highest BCUT2D eigenvalue weighted by Gasteiger charge is 2.44. The Morgan fingerprint density at radius 1 is 1.29 bits per heavy atom. The van der Waals surface area contributed by atoms with Gasteiger partial charge in [0.1, 0.15) is 17.6 Å². The highest BCUT2D eigenvalue weighted by molar-refractivity contribution is 5.85. The lowest BCUT2D eigenvalue weighted by Gasteiger charge is -2.52. The van der Waals surface area contributed by atoms with Crippen molar-refractivity contribution in [2.75, 3.05) is 24.6 Å². The van der Waals surface area contributed by atoms with Gasteiger partial charge in [0.25, 0.3) is 0 Å². The summed E-state index contributed by atoms with van der Waals surface area (Å²) in [5.74, 6) is 2.88. The van der Waals surface area contributed by atoms with Crippen LogP contribution in [0.25, 0.3) is 16.6 Å². The van der Waals surface area contributed by atoms with Crippen molar-refractivity contribution in [1.29, 1.82) is 5.26 Å². The van der Waals surface area contributed by atoms with Crippen molar-refractivity contribution >= 4 is 11.3 Å². The van der Waals surface area contributed by atoms with Gasteiger partial charge in [-0.3, -0.25) is 0 Å². The molecule has 2 atom stereocenters. The average Bonchev–Trinajstić information content (AvgIpc) is 3.16. The summed E-state index contributed by atoms with van der Waals surface area (Å²) in [7, 11) is 0. The molecule has 3 aliphatic rings. The van der Waals surface area contributed by atoms with Crippen molar-refractivity contribution < 1.29 is 4.74 Å². The van der Waals surface area contributed by atoms with Crippen LogP contribution in [0.2, 0.25) is 0 Å². The second-order valence-corrected chi connectivity index (χ2v) is 7.63. The van der Waals surface area contributed by atoms with Gasteiger partial charge in [-0.2, -0.15) is 10.4 Å². The Morgan fingerprint density at radius 3 is 2.75 bits per heavy atom. The molecule has 3 aromatic heterocycles. The Kier molecular flexibility index (Phi) is 3.95. The van der Waals surface area contributed by atoms with Gasteiger partial charge in [-0.15, -0.1) is 0 Å². The number of rotatable bonds is 4. The third kappa shape index (κ3) is 2.60. The number of hydrogen-bond acceptors (Lipinski definition) is 6. The fourth-order valence-electron chi connectivity index (χ4n) is 4.49. The van der Waals surface area contributed by atoms with Crippen LogP contribution in [0, 0.1) is 23.2 Å². The minimum Gasteiger partial charge on any atom is -0.492 e. The molecule has 6 rings (SSSR count). The van der Waals surface area contributed by atoms with Gasteiger partial charge in [0.2, 0.25) is 0 Å². The summed E-state index contributed by atoms with van der Waals surface area (Å²) in [5.41, 5.74) is 9.31. The standard InChI is InChI=1S/C21H22N6O/c1-2-28-17-6-18(21-16(7-22)9-25-27(21)12-17)13-3-4-19(24-8-13)26-10-14-5-15(11-26)20(14)23/h3-4,6,8-9,12,14-15,20H,2,5,10-11,23H2,1H3. The number of nitrogens with zero attached hydrogens (tertiary/aromatic N) is 5. The van der Waals surface area contributed by atoms with Gasteiger partial charge < -0.3 is 15.4 Å². The van der Waals surface area contributed by atoms with Crippen LogP contribution in [-0.4, -0.2) is 40.3 Å². The van der Waals surface area contributed by atoms with Crippen LogP contribution in [0.3, 0.4) is 0 Å². The van der Waals surface area contributed by atoms with E-state index in [0.717, 1.165) is 35.6 Å². The zero-order valence-electron chi connectivity index (χ0n) is 15.7. The second-order valence-electron chi connectivity index (χ2n) is 7.63. The van der Waals surface area contributed by atoms with Crippen LogP contribution in [-0.2, 0) is 0 Å². The van der Waals surface area contributed by atoms with Crippen molar-refractivity contribution in [3.63, 3.8) is 0 Å². The van der Waals surface area contributed by atoms with Crippen LogP contribution in [0.1, 0.15) is 18.9 Å². The van der Waals surface area contributed by atoms with Crippen LogP contribution >= 0.6 is 0 Å². The zero-order chi connectivity index (χ0) is 19.3. The maximum Gasteiger partial charge on any atom is 0.138 e. The first-order valence-corrected chi connectivity index (χ1v) is 9.69. The van der Waals surface area contributed by atoms with Crippen molar-refractivity contribution in [1.82, 2.24) is 14.6 Å². The minimum absolute atomic E-state index is 0.358. The predicted molar refractivity (Wildman–Crippen MR) is 106 cm³/mol. The SMILES string of the molecule is CCOc1cc(-c2ccc(N3CC4CC(C3)C4N)nc2)c2c(C#N)cnn2c1. The van der Waals surface area contributed by atoms with Crippen molar-refractivity contribution in [2.45, 2.75) is 19.4 Å². The number of hydrogen-bond donors (Lipinski definition) is 1. The average molecular weight is 374 g/mol. The topological polar surface area (TPSA) is 92.5 Å². The molecule has 2 aliphatic heterocycles. The molecule has 0 spiro atoms. The molecule has 7 heteroatoms. The van der Waals surface area contributed by atoms with Crippen molar-refractivity contribution in [2.24, 2.45) is 17.6 Å². The molecule has 3 fully saturated rings. The van der Waals surface area contributed by atoms with Gasteiger partial charge in [-0.05, 0) is 43.4 Å². The number of aromatic nitrogens is 3. The van der Waals surface area contributed by atoms with Gasteiger partial charge in [-0.25, -0.2) is 9.50 Å². The summed E-state index contributed by atoms with van der Waals surface area (Å²) in [4.78, 5) is 7.04. The van der Waals surface area contributed by atoms with E-state index in [1.807, 2.05) is 19.2 Å². The zero-order valence-corrected chi connectivity index (χ0v) is 15.7. The van der Waals surface area contributed by atoms with Gasteiger partial charge in [0, 0.05) is 36.5 Å². The van der Waals surface area contributed by atoms with Gasteiger partial charge in [-0.1, -0.05) is 0 Å². The first-order chi connectivity index (χ1) is 13.7. The smallest absolute Gasteiger partial charge is 0.138 e. The maximum atomic E-state index is 9.47. The van der Waals surface area contributed by atoms with Gasteiger partial charge >= 0.3 is 0 Å².